The second-order valence-electron chi connectivity index (χ2n) is 16.4. The number of aliphatic imine (C=N–C) groups is 6. The highest BCUT2D eigenvalue weighted by atomic mass is 15.3. The Morgan fingerprint density at radius 1 is 0.439 bits per heavy atom. The third-order valence-electron chi connectivity index (χ3n) is 12.2. The maximum atomic E-state index is 5.12. The van der Waals surface area contributed by atoms with E-state index in [4.69, 9.17) is 30.0 Å². The fourth-order valence-electron chi connectivity index (χ4n) is 8.69. The first-order valence-electron chi connectivity index (χ1n) is 21.5. The molecule has 0 spiro atoms. The van der Waals surface area contributed by atoms with Gasteiger partial charge in [-0.3, -0.25) is 0 Å². The summed E-state index contributed by atoms with van der Waals surface area (Å²) in [4.78, 5) is 41.8. The van der Waals surface area contributed by atoms with Gasteiger partial charge in [-0.25, -0.2) is 30.0 Å². The smallest absolute Gasteiger partial charge is 0.121 e. The summed E-state index contributed by atoms with van der Waals surface area (Å²) >= 11 is 0. The molecule has 12 nitrogen and oxygen atoms in total. The molecule has 0 saturated heterocycles. The fourth-order valence-corrected chi connectivity index (χ4v) is 8.69. The van der Waals surface area contributed by atoms with Crippen LogP contribution in [0.1, 0.15) is 36.6 Å². The van der Waals surface area contributed by atoms with Gasteiger partial charge in [0, 0.05) is 61.4 Å². The lowest BCUT2D eigenvalue weighted by Crippen LogP contribution is -2.19. The number of nitrogens with one attached hydrogen (secondary N) is 4. The normalized spacial score (nSPS) is 22.7. The van der Waals surface area contributed by atoms with Gasteiger partial charge in [0.1, 0.15) is 11.6 Å². The summed E-state index contributed by atoms with van der Waals surface area (Å²) in [5.41, 5.74) is 18.1. The Labute approximate surface area is 381 Å². The largest absolute Gasteiger partial charge is 0.355 e. The van der Waals surface area contributed by atoms with E-state index in [1.807, 2.05) is 126 Å². The minimum absolute atomic E-state index is 0.663. The van der Waals surface area contributed by atoms with Crippen LogP contribution in [0, 0.1) is 23.7 Å². The van der Waals surface area contributed by atoms with E-state index in [-0.39, 0.29) is 0 Å². The molecule has 10 aliphatic rings. The number of H-pyrrole nitrogens is 2. The number of hydrogen-bond donors (Lipinski definition) is 4. The van der Waals surface area contributed by atoms with Crippen LogP contribution in [0.4, 0.5) is 0 Å². The number of aromatic nitrogens is 2. The van der Waals surface area contributed by atoms with Crippen molar-refractivity contribution in [1.82, 2.24) is 30.4 Å². The maximum absolute atomic E-state index is 5.12. The zero-order chi connectivity index (χ0) is 44.5. The first-order chi connectivity index (χ1) is 32.3. The molecule has 4 N–H and O–H groups in total. The molecule has 0 atom stereocenters. The van der Waals surface area contributed by atoms with Gasteiger partial charge in [-0.2, -0.15) is 0 Å². The van der Waals surface area contributed by atoms with Crippen molar-refractivity contribution < 1.29 is 0 Å². The van der Waals surface area contributed by atoms with E-state index in [1.54, 1.807) is 0 Å². The molecule has 0 radical (unpaired) electrons. The van der Waals surface area contributed by atoms with E-state index in [0.29, 0.717) is 34.0 Å². The van der Waals surface area contributed by atoms with Crippen LogP contribution in [0.2, 0.25) is 0 Å². The SMILES string of the molecule is CC1=C2C=CC(=N2)/C(=C2/NC=CN2C)c2ccc([nH]2)C=C2C=CC(=N2)C(C#CC#CC2=C3C=CC(=N3)C(C)=C3C=CC(=N3)/C(=C3\NC=CN3C)c3ccc([nH]3)C=C3C=CC2=N3)=C2C=CC1=N2. The first kappa shape index (κ1) is 38.4. The number of allylic oxidation sites excluding steroid dienone is 18. The topological polar surface area (TPSA) is 136 Å². The van der Waals surface area contributed by atoms with Gasteiger partial charge in [0.25, 0.3) is 0 Å². The van der Waals surface area contributed by atoms with Gasteiger partial charge in [0.05, 0.1) is 102 Å². The molecule has 2 aromatic heterocycles. The minimum atomic E-state index is 0.663. The van der Waals surface area contributed by atoms with Crippen molar-refractivity contribution in [3.05, 3.63) is 213 Å². The van der Waals surface area contributed by atoms with Gasteiger partial charge in [0.15, 0.2) is 0 Å². The Balaban J connectivity index is 0.945. The summed E-state index contributed by atoms with van der Waals surface area (Å²) in [5, 5.41) is 6.79. The molecule has 314 valence electrons. The van der Waals surface area contributed by atoms with Crippen LogP contribution in [0.3, 0.4) is 0 Å². The molecular weight excluding hydrogens is 817 g/mol. The average Bonchev–Trinajstić information content (AvgIpc) is 4.16. The van der Waals surface area contributed by atoms with E-state index in [0.717, 1.165) is 102 Å². The zero-order valence-corrected chi connectivity index (χ0v) is 36.3. The Hall–Kier alpha value is -9.26. The number of aromatic amines is 2. The Kier molecular flexibility index (Phi) is 8.86. The molecule has 12 rings (SSSR count). The number of nitrogens with zero attached hydrogens (tertiary/aromatic N) is 8. The van der Waals surface area contributed by atoms with Crippen molar-refractivity contribution in [2.75, 3.05) is 14.1 Å². The van der Waals surface area contributed by atoms with Crippen LogP contribution in [-0.2, 0) is 0 Å². The van der Waals surface area contributed by atoms with Crippen LogP contribution >= 0.6 is 0 Å². The molecule has 12 heteroatoms. The van der Waals surface area contributed by atoms with E-state index < -0.39 is 0 Å². The summed E-state index contributed by atoms with van der Waals surface area (Å²) in [5.74, 6) is 14.9. The van der Waals surface area contributed by atoms with E-state index in [1.165, 1.54) is 0 Å². The number of hydrogen-bond acceptors (Lipinski definition) is 10. The lowest BCUT2D eigenvalue weighted by Gasteiger charge is -2.16. The van der Waals surface area contributed by atoms with Crippen LogP contribution in [0.25, 0.3) is 23.3 Å². The van der Waals surface area contributed by atoms with E-state index in [2.05, 4.69) is 90.5 Å². The molecule has 0 saturated carbocycles. The summed E-state index contributed by atoms with van der Waals surface area (Å²) in [7, 11) is 4.03. The first-order valence-corrected chi connectivity index (χ1v) is 21.5. The summed E-state index contributed by atoms with van der Waals surface area (Å²) in [6.07, 6.45) is 36.0. The predicted molar refractivity (Wildman–Crippen MR) is 266 cm³/mol. The van der Waals surface area contributed by atoms with Crippen molar-refractivity contribution in [2.45, 2.75) is 13.8 Å². The highest BCUT2D eigenvalue weighted by Crippen LogP contribution is 2.33. The van der Waals surface area contributed by atoms with Gasteiger partial charge in [-0.05, 0) is 147 Å². The highest BCUT2D eigenvalue weighted by molar-refractivity contribution is 6.32. The lowest BCUT2D eigenvalue weighted by atomic mass is 10.1. The molecular formula is C54H38N12. The molecule has 0 fully saturated rings. The Morgan fingerprint density at radius 3 is 1.29 bits per heavy atom. The second-order valence-corrected chi connectivity index (χ2v) is 16.4. The Morgan fingerprint density at radius 2 is 0.848 bits per heavy atom. The maximum Gasteiger partial charge on any atom is 0.121 e. The van der Waals surface area contributed by atoms with Crippen LogP contribution in [0.15, 0.2) is 220 Å². The molecule has 2 aromatic rings. The standard InChI is InChI=1S/C54H38N12/c1-31-39-17-21-45(61-39)37(43-13-9-33(57-43)29-35-11-15-47(59-35)51(49-23-19-41(31)63-49)53-55-25-27-65(53)3)7-5-6-8-38-44-14-10-34(58-44)30-36-12-16-48(60-36)52(54-56-26-28-66(54)4)50-24-20-42(64-50)32(2)40-18-22-46(38)62-40/h9-30,55-56,59-60H,1-4H3/b33-29?,34-30?,41-31?,42-32?,45-37?,46-38?,53-51-,54-52+. The monoisotopic (exact) mass is 854 g/mol. The number of rotatable bonds is 0. The molecule has 10 aliphatic heterocycles. The summed E-state index contributed by atoms with van der Waals surface area (Å²) in [6, 6.07) is 8.26. The third-order valence-corrected chi connectivity index (χ3v) is 12.2. The van der Waals surface area contributed by atoms with Crippen molar-refractivity contribution in [2.24, 2.45) is 30.0 Å². The molecule has 16 bridgehead atoms. The molecule has 0 aromatic carbocycles. The summed E-state index contributed by atoms with van der Waals surface area (Å²) in [6.45, 7) is 4.09. The molecule has 0 amide bonds. The van der Waals surface area contributed by atoms with Crippen LogP contribution in [-0.4, -0.2) is 68.1 Å². The van der Waals surface area contributed by atoms with Crippen molar-refractivity contribution in [3.8, 4) is 23.7 Å². The van der Waals surface area contributed by atoms with Crippen LogP contribution in [0.5, 0.6) is 0 Å². The van der Waals surface area contributed by atoms with Crippen molar-refractivity contribution >= 4 is 57.6 Å². The quantitative estimate of drug-likeness (QED) is 0.199. The average molecular weight is 855 g/mol. The van der Waals surface area contributed by atoms with Gasteiger partial charge in [-0.1, -0.05) is 0 Å². The Bertz CT molecular complexity index is 3310. The van der Waals surface area contributed by atoms with Gasteiger partial charge in [0.2, 0.25) is 0 Å². The molecule has 66 heavy (non-hydrogen) atoms. The number of fused-ring (bicyclic) bond motifs is 10. The van der Waals surface area contributed by atoms with Crippen molar-refractivity contribution in [3.63, 3.8) is 0 Å². The second kappa shape index (κ2) is 15.2. The van der Waals surface area contributed by atoms with E-state index in [9.17, 15) is 0 Å². The van der Waals surface area contributed by atoms with Gasteiger partial charge >= 0.3 is 0 Å². The highest BCUT2D eigenvalue weighted by Gasteiger charge is 2.27. The van der Waals surface area contributed by atoms with E-state index >= 15 is 0 Å². The molecule has 0 unspecified atom stereocenters. The third kappa shape index (κ3) is 6.69. The van der Waals surface area contributed by atoms with Gasteiger partial charge < -0.3 is 30.4 Å². The molecule has 12 heterocycles. The fraction of sp³-hybridized carbons (Fsp3) is 0.0741. The molecule has 0 aliphatic carbocycles. The minimum Gasteiger partial charge on any atom is -0.355 e. The van der Waals surface area contributed by atoms with Crippen molar-refractivity contribution in [1.29, 1.82) is 0 Å². The lowest BCUT2D eigenvalue weighted by molar-refractivity contribution is 0.574. The summed E-state index contributed by atoms with van der Waals surface area (Å²) < 4.78 is 0. The predicted octanol–water partition coefficient (Wildman–Crippen LogP) is 8.23. The van der Waals surface area contributed by atoms with Gasteiger partial charge in [-0.15, -0.1) is 0 Å². The zero-order valence-electron chi connectivity index (χ0n) is 36.3. The van der Waals surface area contributed by atoms with Crippen LogP contribution < -0.4 is 10.6 Å².